The largest absolute Gasteiger partial charge is 0.456 e. The summed E-state index contributed by atoms with van der Waals surface area (Å²) < 4.78 is 71.5. The number of ketones is 1. The third-order valence-electron chi connectivity index (χ3n) is 10.3. The van der Waals surface area contributed by atoms with E-state index < -0.39 is 41.4 Å². The molecule has 5 atom stereocenters. The van der Waals surface area contributed by atoms with Crippen molar-refractivity contribution in [2.75, 3.05) is 5.32 Å². The summed E-state index contributed by atoms with van der Waals surface area (Å²) in [7, 11) is 0. The number of anilines is 1. The molecule has 2 saturated carbocycles. The second kappa shape index (κ2) is 9.75. The molecule has 2 unspecified atom stereocenters. The van der Waals surface area contributed by atoms with Gasteiger partial charge in [0.2, 0.25) is 0 Å². The fraction of sp³-hybridized carbons (Fsp3) is 0.500. The van der Waals surface area contributed by atoms with E-state index in [-0.39, 0.29) is 24.5 Å². The van der Waals surface area contributed by atoms with Crippen molar-refractivity contribution in [1.29, 1.82) is 0 Å². The zero-order valence-electron chi connectivity index (χ0n) is 22.8. The first-order valence-corrected chi connectivity index (χ1v) is 14.2. The van der Waals surface area contributed by atoms with E-state index in [0.717, 1.165) is 33.5 Å². The van der Waals surface area contributed by atoms with Crippen molar-refractivity contribution >= 4 is 11.5 Å². The third kappa shape index (κ3) is 4.34. The third-order valence-corrected chi connectivity index (χ3v) is 10.3. The summed E-state index contributed by atoms with van der Waals surface area (Å²) in [6, 6.07) is 11.4. The monoisotopic (exact) mass is 572 g/mol. The Morgan fingerprint density at radius 3 is 2.49 bits per heavy atom. The summed E-state index contributed by atoms with van der Waals surface area (Å²) in [4.78, 5) is 16.3. The van der Waals surface area contributed by atoms with Gasteiger partial charge in [-0.1, -0.05) is 36.8 Å². The topological polar surface area (TPSA) is 62.2 Å². The van der Waals surface area contributed by atoms with Crippen LogP contribution in [0.5, 0.6) is 0 Å². The van der Waals surface area contributed by atoms with Crippen LogP contribution in [0.2, 0.25) is 0 Å². The zero-order chi connectivity index (χ0) is 29.2. The van der Waals surface area contributed by atoms with Crippen molar-refractivity contribution in [3.05, 3.63) is 82.7 Å². The lowest BCUT2D eigenvalue weighted by Crippen LogP contribution is -2.65. The van der Waals surface area contributed by atoms with Crippen molar-refractivity contribution in [2.45, 2.75) is 82.0 Å². The van der Waals surface area contributed by atoms with Crippen molar-refractivity contribution in [3.63, 3.8) is 0 Å². The summed E-state index contributed by atoms with van der Waals surface area (Å²) in [6.07, 6.45) is 0.751. The molecule has 4 aliphatic carbocycles. The van der Waals surface area contributed by atoms with Crippen LogP contribution in [0, 0.1) is 17.3 Å². The van der Waals surface area contributed by atoms with E-state index in [2.05, 4.69) is 10.3 Å². The highest BCUT2D eigenvalue weighted by atomic mass is 19.4. The smallest absolute Gasteiger partial charge is 0.383 e. The number of fused-ring (bicyclic) bond motifs is 4. The molecule has 0 amide bonds. The highest BCUT2D eigenvalue weighted by molar-refractivity contribution is 5.93. The Hall–Kier alpha value is -3.07. The van der Waals surface area contributed by atoms with E-state index in [0.29, 0.717) is 32.2 Å². The lowest BCUT2D eigenvalue weighted by atomic mass is 9.50. The zero-order valence-corrected chi connectivity index (χ0v) is 22.8. The lowest BCUT2D eigenvalue weighted by molar-refractivity contribution is -0.362. The minimum atomic E-state index is -5.86. The van der Waals surface area contributed by atoms with Crippen LogP contribution in [-0.4, -0.2) is 33.6 Å². The Balaban J connectivity index is 1.41. The van der Waals surface area contributed by atoms with Crippen molar-refractivity contribution < 1.29 is 31.9 Å². The molecule has 6 rings (SSSR count). The van der Waals surface area contributed by atoms with Crippen molar-refractivity contribution in [2.24, 2.45) is 17.3 Å². The van der Waals surface area contributed by atoms with Gasteiger partial charge in [0.1, 0.15) is 5.60 Å². The summed E-state index contributed by atoms with van der Waals surface area (Å²) in [5.41, 5.74) is 0.891. The molecule has 1 aromatic carbocycles. The summed E-state index contributed by atoms with van der Waals surface area (Å²) in [5.74, 6) is -6.37. The molecule has 0 saturated heterocycles. The van der Waals surface area contributed by atoms with E-state index in [1.54, 1.807) is 18.5 Å². The minimum Gasteiger partial charge on any atom is -0.383 e. The Morgan fingerprint density at radius 2 is 1.80 bits per heavy atom. The molecule has 2 aromatic rings. The van der Waals surface area contributed by atoms with Crippen LogP contribution in [0.3, 0.4) is 0 Å². The number of pyridine rings is 1. The number of aliphatic hydroxyl groups is 1. The van der Waals surface area contributed by atoms with Crippen LogP contribution in [0.25, 0.3) is 0 Å². The molecule has 41 heavy (non-hydrogen) atoms. The predicted octanol–water partition coefficient (Wildman–Crippen LogP) is 7.52. The predicted molar refractivity (Wildman–Crippen MR) is 144 cm³/mol. The molecule has 1 aromatic heterocycles. The van der Waals surface area contributed by atoms with Gasteiger partial charge in [0.25, 0.3) is 0 Å². The van der Waals surface area contributed by atoms with Crippen LogP contribution in [-0.2, 0) is 11.3 Å². The molecule has 2 fully saturated rings. The van der Waals surface area contributed by atoms with Gasteiger partial charge in [0.05, 0.1) is 5.69 Å². The Bertz CT molecular complexity index is 1400. The van der Waals surface area contributed by atoms with Crippen LogP contribution in [0.15, 0.2) is 71.6 Å². The van der Waals surface area contributed by atoms with Gasteiger partial charge in [0.15, 0.2) is 5.78 Å². The number of carbonyl (C=O) groups is 1. The number of halogens is 5. The molecular weight excluding hydrogens is 539 g/mol. The van der Waals surface area contributed by atoms with E-state index >= 15 is 8.78 Å². The number of alkyl halides is 5. The number of nitrogens with one attached hydrogen (secondary N) is 1. The average Bonchev–Trinajstić information content (AvgIpc) is 3.23. The second-order valence-corrected chi connectivity index (χ2v) is 12.3. The number of hydrogen-bond acceptors (Lipinski definition) is 4. The summed E-state index contributed by atoms with van der Waals surface area (Å²) in [5, 5.41) is 14.7. The second-order valence-electron chi connectivity index (χ2n) is 12.3. The molecule has 0 aliphatic heterocycles. The number of nitrogens with zero attached hydrogens (tertiary/aromatic N) is 1. The first kappa shape index (κ1) is 28.1. The number of carbonyl (C=O) groups excluding carboxylic acids is 1. The molecule has 9 heteroatoms. The van der Waals surface area contributed by atoms with Crippen LogP contribution in [0.4, 0.5) is 27.6 Å². The number of rotatable bonds is 5. The molecule has 4 aliphatic rings. The molecule has 2 N–H and O–H groups in total. The molecule has 1 heterocycles. The van der Waals surface area contributed by atoms with Crippen molar-refractivity contribution in [1.82, 2.24) is 4.98 Å². The van der Waals surface area contributed by atoms with Gasteiger partial charge in [-0.3, -0.25) is 9.78 Å². The maximum absolute atomic E-state index is 15.1. The molecule has 0 spiro atoms. The SMILES string of the molecule is C[C@]12C[C@H](c3ccc(CNc4cccnc4)cc3)C3=C4CCC(=O)C=C4CCC3C1CC[C@@]2(O)C(F)(F)C(F)(F)F. The quantitative estimate of drug-likeness (QED) is 0.364. The molecule has 4 nitrogen and oxygen atoms in total. The number of hydrogen-bond donors (Lipinski definition) is 2. The van der Waals surface area contributed by atoms with Crippen LogP contribution < -0.4 is 5.32 Å². The normalized spacial score (nSPS) is 31.7. The van der Waals surface area contributed by atoms with E-state index in [9.17, 15) is 23.1 Å². The summed E-state index contributed by atoms with van der Waals surface area (Å²) in [6.45, 7) is 1.97. The van der Waals surface area contributed by atoms with Gasteiger partial charge in [-0.2, -0.15) is 22.0 Å². The fourth-order valence-corrected chi connectivity index (χ4v) is 8.25. The number of benzene rings is 1. The van der Waals surface area contributed by atoms with Gasteiger partial charge >= 0.3 is 12.1 Å². The van der Waals surface area contributed by atoms with E-state index in [1.807, 2.05) is 36.4 Å². The van der Waals surface area contributed by atoms with E-state index in [1.165, 1.54) is 6.92 Å². The standard InChI is InChI=1S/C32H33F5N2O2/c1-29-16-26(20-6-4-19(5-7-20)17-39-22-3-2-14-38-18-22)28-24-11-9-23(40)15-21(24)8-10-25(28)27(29)12-13-30(29,41)31(33,34)32(35,36)37/h2-7,14-15,18,25-27,39,41H,8-13,16-17H2,1H3/t25?,26-,27?,29+,30+/m1/s1. The maximum atomic E-state index is 15.1. The number of allylic oxidation sites excluding steroid dienone is 4. The van der Waals surface area contributed by atoms with Crippen LogP contribution >= 0.6 is 0 Å². The highest BCUT2D eigenvalue weighted by Crippen LogP contribution is 2.70. The van der Waals surface area contributed by atoms with Crippen molar-refractivity contribution in [3.8, 4) is 0 Å². The molecule has 0 bridgehead atoms. The average molecular weight is 573 g/mol. The van der Waals surface area contributed by atoms with Gasteiger partial charge in [-0.15, -0.1) is 0 Å². The minimum absolute atomic E-state index is 0.0241. The first-order valence-electron chi connectivity index (χ1n) is 14.2. The van der Waals surface area contributed by atoms with E-state index in [4.69, 9.17) is 0 Å². The van der Waals surface area contributed by atoms with Crippen LogP contribution in [0.1, 0.15) is 68.9 Å². The Morgan fingerprint density at radius 1 is 1.05 bits per heavy atom. The lowest BCUT2D eigenvalue weighted by Gasteiger charge is -2.56. The van der Waals surface area contributed by atoms with Gasteiger partial charge in [-0.05, 0) is 90.8 Å². The Kier molecular flexibility index (Phi) is 6.67. The molecule has 0 radical (unpaired) electrons. The highest BCUT2D eigenvalue weighted by Gasteiger charge is 2.79. The van der Waals surface area contributed by atoms with Gasteiger partial charge < -0.3 is 10.4 Å². The Labute approximate surface area is 235 Å². The molecule has 218 valence electrons. The molecular formula is C32H33F5N2O2. The fourth-order valence-electron chi connectivity index (χ4n) is 8.25. The maximum Gasteiger partial charge on any atom is 0.456 e. The summed E-state index contributed by atoms with van der Waals surface area (Å²) >= 11 is 0. The first-order chi connectivity index (χ1) is 19.4. The number of aromatic nitrogens is 1. The van der Waals surface area contributed by atoms with Gasteiger partial charge in [-0.25, -0.2) is 0 Å². The van der Waals surface area contributed by atoms with Gasteiger partial charge in [0, 0.05) is 36.7 Å².